The van der Waals surface area contributed by atoms with Gasteiger partial charge in [0.2, 0.25) is 0 Å². The number of nitrogens with zero attached hydrogens (tertiary/aromatic N) is 2. The van der Waals surface area contributed by atoms with Crippen molar-refractivity contribution in [1.29, 1.82) is 0 Å². The normalized spacial score (nSPS) is 14.2. The van der Waals surface area contributed by atoms with Crippen molar-refractivity contribution in [2.45, 2.75) is 0 Å². The van der Waals surface area contributed by atoms with Crippen molar-refractivity contribution >= 4 is 11.4 Å². The van der Waals surface area contributed by atoms with Crippen molar-refractivity contribution in [3.63, 3.8) is 0 Å². The highest BCUT2D eigenvalue weighted by Crippen LogP contribution is 2.29. The fraction of sp³-hybridized carbons (Fsp3) is 0. The molecule has 1 aromatic carbocycles. The first-order valence-corrected chi connectivity index (χ1v) is 3.12. The van der Waals surface area contributed by atoms with E-state index in [4.69, 9.17) is 10.4 Å². The molecule has 0 saturated heterocycles. The van der Waals surface area contributed by atoms with Gasteiger partial charge < -0.3 is 5.48 Å². The molecule has 0 amide bonds. The monoisotopic (exact) mass is 171 g/mol. The molecule has 12 heavy (non-hydrogen) atoms. The topological polar surface area (TPSA) is 90.5 Å². The van der Waals surface area contributed by atoms with E-state index >= 15 is 0 Å². The standard InChI is InChI=1S/C6H7N3O2.H2O/c10-8-5-3-1-2-4-6(5)9(11)7-8;/h1-4,7,10-11H;1H2. The molecular weight excluding hydrogens is 162 g/mol. The Morgan fingerprint density at radius 3 is 1.83 bits per heavy atom. The summed E-state index contributed by atoms with van der Waals surface area (Å²) in [6.45, 7) is 0. The SMILES string of the molecule is O.ON1NN(O)c2ccccc21. The van der Waals surface area contributed by atoms with E-state index in [1.165, 1.54) is 0 Å². The van der Waals surface area contributed by atoms with Crippen molar-refractivity contribution in [1.82, 2.24) is 5.53 Å². The maximum Gasteiger partial charge on any atom is 0.111 e. The molecule has 0 aliphatic carbocycles. The lowest BCUT2D eigenvalue weighted by molar-refractivity contribution is 0.144. The highest BCUT2D eigenvalue weighted by molar-refractivity contribution is 5.71. The predicted octanol–water partition coefficient (Wildman–Crippen LogP) is -0.314. The third-order valence-electron chi connectivity index (χ3n) is 1.53. The van der Waals surface area contributed by atoms with E-state index in [0.717, 1.165) is 10.3 Å². The van der Waals surface area contributed by atoms with Crippen molar-refractivity contribution in [2.75, 3.05) is 10.3 Å². The van der Waals surface area contributed by atoms with Crippen LogP contribution in [0.1, 0.15) is 0 Å². The third-order valence-corrected chi connectivity index (χ3v) is 1.53. The number of rotatable bonds is 0. The number of hydrogen-bond acceptors (Lipinski definition) is 5. The second kappa shape index (κ2) is 2.95. The van der Waals surface area contributed by atoms with Gasteiger partial charge in [-0.3, -0.25) is 10.4 Å². The van der Waals surface area contributed by atoms with Gasteiger partial charge in [-0.2, -0.15) is 10.3 Å². The molecule has 0 spiro atoms. The first-order chi connectivity index (χ1) is 5.29. The molecule has 6 nitrogen and oxygen atoms in total. The summed E-state index contributed by atoms with van der Waals surface area (Å²) in [5.74, 6) is 0. The number of para-hydroxylation sites is 2. The fourth-order valence-corrected chi connectivity index (χ4v) is 1.02. The van der Waals surface area contributed by atoms with E-state index in [1.807, 2.05) is 0 Å². The zero-order valence-electron chi connectivity index (χ0n) is 6.10. The second-order valence-electron chi connectivity index (χ2n) is 2.21. The molecule has 1 aliphatic heterocycles. The van der Waals surface area contributed by atoms with E-state index in [-0.39, 0.29) is 5.48 Å². The summed E-state index contributed by atoms with van der Waals surface area (Å²) in [4.78, 5) is 0. The average molecular weight is 171 g/mol. The van der Waals surface area contributed by atoms with Gasteiger partial charge in [0.25, 0.3) is 0 Å². The Bertz CT molecular complexity index is 253. The molecule has 0 bridgehead atoms. The Morgan fingerprint density at radius 2 is 1.42 bits per heavy atom. The van der Waals surface area contributed by atoms with Crippen molar-refractivity contribution in [3.8, 4) is 0 Å². The summed E-state index contributed by atoms with van der Waals surface area (Å²) < 4.78 is 0. The molecule has 0 aromatic heterocycles. The number of fused-ring (bicyclic) bond motifs is 1. The van der Waals surface area contributed by atoms with Crippen LogP contribution < -0.4 is 15.9 Å². The smallest absolute Gasteiger partial charge is 0.111 e. The van der Waals surface area contributed by atoms with Crippen LogP contribution in [-0.4, -0.2) is 15.9 Å². The van der Waals surface area contributed by atoms with Crippen LogP contribution in [0.25, 0.3) is 0 Å². The molecule has 2 rings (SSSR count). The summed E-state index contributed by atoms with van der Waals surface area (Å²) in [5.41, 5.74) is 3.31. The van der Waals surface area contributed by atoms with Crippen molar-refractivity contribution in [3.05, 3.63) is 24.3 Å². The number of nitrogens with one attached hydrogen (secondary N) is 1. The van der Waals surface area contributed by atoms with Gasteiger partial charge in [0.05, 0.1) is 0 Å². The van der Waals surface area contributed by atoms with Crippen LogP contribution in [0.15, 0.2) is 24.3 Å². The molecule has 1 heterocycles. The maximum atomic E-state index is 9.07. The van der Waals surface area contributed by atoms with Crippen LogP contribution in [0.5, 0.6) is 0 Å². The summed E-state index contributed by atoms with van der Waals surface area (Å²) in [5, 5.41) is 19.6. The lowest BCUT2D eigenvalue weighted by atomic mass is 10.3. The summed E-state index contributed by atoms with van der Waals surface area (Å²) in [7, 11) is 0. The minimum absolute atomic E-state index is 0. The van der Waals surface area contributed by atoms with Gasteiger partial charge >= 0.3 is 0 Å². The molecule has 6 heteroatoms. The molecule has 1 aliphatic rings. The Hall–Kier alpha value is -1.34. The highest BCUT2D eigenvalue weighted by atomic mass is 16.6. The predicted molar refractivity (Wildman–Crippen MR) is 41.7 cm³/mol. The summed E-state index contributed by atoms with van der Waals surface area (Å²) in [6.07, 6.45) is 0. The summed E-state index contributed by atoms with van der Waals surface area (Å²) in [6, 6.07) is 6.89. The molecule has 5 N–H and O–H groups in total. The van der Waals surface area contributed by atoms with E-state index in [1.54, 1.807) is 24.3 Å². The van der Waals surface area contributed by atoms with Crippen LogP contribution in [-0.2, 0) is 0 Å². The van der Waals surface area contributed by atoms with Crippen LogP contribution in [0, 0.1) is 0 Å². The van der Waals surface area contributed by atoms with Crippen molar-refractivity contribution < 1.29 is 15.9 Å². The lowest BCUT2D eigenvalue weighted by Gasteiger charge is -2.09. The van der Waals surface area contributed by atoms with Gasteiger partial charge in [-0.1, -0.05) is 17.7 Å². The van der Waals surface area contributed by atoms with Gasteiger partial charge in [0.15, 0.2) is 0 Å². The Kier molecular flexibility index (Phi) is 2.15. The largest absolute Gasteiger partial charge is 0.412 e. The average Bonchev–Trinajstić information content (AvgIpc) is 2.30. The van der Waals surface area contributed by atoms with E-state index in [2.05, 4.69) is 5.53 Å². The molecule has 1 aromatic rings. The zero-order valence-corrected chi connectivity index (χ0v) is 6.10. The number of hydrazine groups is 2. The zero-order chi connectivity index (χ0) is 7.84. The molecule has 0 fully saturated rings. The first-order valence-electron chi connectivity index (χ1n) is 3.12. The van der Waals surface area contributed by atoms with Crippen LogP contribution >= 0.6 is 0 Å². The second-order valence-corrected chi connectivity index (χ2v) is 2.21. The number of hydrogen-bond donors (Lipinski definition) is 3. The quantitative estimate of drug-likeness (QED) is 0.498. The Balaban J connectivity index is 0.000000720. The van der Waals surface area contributed by atoms with Gasteiger partial charge in [-0.25, -0.2) is 0 Å². The number of benzene rings is 1. The Labute approximate surface area is 68.4 Å². The molecule has 0 radical (unpaired) electrons. The molecular formula is C6H9N3O3. The molecule has 0 unspecified atom stereocenters. The molecule has 0 atom stereocenters. The van der Waals surface area contributed by atoms with E-state index in [9.17, 15) is 0 Å². The molecule has 66 valence electrons. The maximum absolute atomic E-state index is 9.07. The Morgan fingerprint density at radius 1 is 1.00 bits per heavy atom. The van der Waals surface area contributed by atoms with Gasteiger partial charge in [0.1, 0.15) is 11.4 Å². The van der Waals surface area contributed by atoms with Gasteiger partial charge in [-0.05, 0) is 12.1 Å². The first kappa shape index (κ1) is 8.75. The minimum Gasteiger partial charge on any atom is -0.412 e. The fourth-order valence-electron chi connectivity index (χ4n) is 1.02. The molecule has 0 saturated carbocycles. The highest BCUT2D eigenvalue weighted by Gasteiger charge is 2.21. The van der Waals surface area contributed by atoms with E-state index < -0.39 is 0 Å². The number of anilines is 2. The van der Waals surface area contributed by atoms with Crippen molar-refractivity contribution in [2.24, 2.45) is 0 Å². The van der Waals surface area contributed by atoms with Crippen LogP contribution in [0.3, 0.4) is 0 Å². The van der Waals surface area contributed by atoms with Gasteiger partial charge in [-0.15, -0.1) is 0 Å². The lowest BCUT2D eigenvalue weighted by Crippen LogP contribution is -2.40. The third kappa shape index (κ3) is 1.08. The minimum atomic E-state index is 0. The van der Waals surface area contributed by atoms with E-state index in [0.29, 0.717) is 11.4 Å². The van der Waals surface area contributed by atoms with Crippen LogP contribution in [0.4, 0.5) is 11.4 Å². The van der Waals surface area contributed by atoms with Crippen LogP contribution in [0.2, 0.25) is 0 Å². The summed E-state index contributed by atoms with van der Waals surface area (Å²) >= 11 is 0. The van der Waals surface area contributed by atoms with Gasteiger partial charge in [0, 0.05) is 0 Å².